The molecule has 0 saturated heterocycles. The molecule has 0 unspecified atom stereocenters. The Labute approximate surface area is 109 Å². The quantitative estimate of drug-likeness (QED) is 0.728. The average molecular weight is 256 g/mol. The van der Waals surface area contributed by atoms with E-state index in [1.54, 1.807) is 7.11 Å². The van der Waals surface area contributed by atoms with Crippen molar-refractivity contribution in [3.63, 3.8) is 0 Å². The molecular formula is C12H24N4O2. The summed E-state index contributed by atoms with van der Waals surface area (Å²) in [6, 6.07) is 0. The van der Waals surface area contributed by atoms with Crippen LogP contribution in [0, 0.1) is 0 Å². The smallest absolute Gasteiger partial charge is 0.146 e. The van der Waals surface area contributed by atoms with Crippen molar-refractivity contribution in [1.29, 1.82) is 0 Å². The van der Waals surface area contributed by atoms with E-state index in [-0.39, 0.29) is 6.61 Å². The predicted octanol–water partition coefficient (Wildman–Crippen LogP) is 0.379. The number of aromatic nitrogens is 3. The minimum atomic E-state index is 0.138. The first kappa shape index (κ1) is 15.1. The normalized spacial score (nSPS) is 11.7. The summed E-state index contributed by atoms with van der Waals surface area (Å²) in [6.07, 6.45) is 0. The molecule has 18 heavy (non-hydrogen) atoms. The van der Waals surface area contributed by atoms with Gasteiger partial charge in [-0.1, -0.05) is 13.8 Å². The molecule has 1 aromatic rings. The first-order valence-electron chi connectivity index (χ1n) is 6.30. The number of hydrogen-bond donors (Lipinski definition) is 1. The van der Waals surface area contributed by atoms with Crippen molar-refractivity contribution in [1.82, 2.24) is 19.7 Å². The molecule has 1 rings (SSSR count). The number of aliphatic hydroxyl groups is 1. The molecule has 0 atom stereocenters. The highest BCUT2D eigenvalue weighted by Gasteiger charge is 2.14. The van der Waals surface area contributed by atoms with E-state index in [9.17, 15) is 0 Å². The van der Waals surface area contributed by atoms with Crippen LogP contribution in [0.3, 0.4) is 0 Å². The maximum atomic E-state index is 9.05. The minimum Gasteiger partial charge on any atom is -0.395 e. The first-order valence-corrected chi connectivity index (χ1v) is 6.30. The Kier molecular flexibility index (Phi) is 6.24. The van der Waals surface area contributed by atoms with Crippen molar-refractivity contribution in [3.8, 4) is 0 Å². The van der Waals surface area contributed by atoms with Gasteiger partial charge in [-0.05, 0) is 0 Å². The standard InChI is InChI=1S/C12H24N4O2/c1-10(2)12-14-13-11(15(12)3)9-16(5-7-17)6-8-18-4/h10,17H,5-9H2,1-4H3. The highest BCUT2D eigenvalue weighted by molar-refractivity contribution is 4.99. The van der Waals surface area contributed by atoms with Gasteiger partial charge in [0.2, 0.25) is 0 Å². The molecule has 6 nitrogen and oxygen atoms in total. The second-order valence-corrected chi connectivity index (χ2v) is 4.68. The number of nitrogens with zero attached hydrogens (tertiary/aromatic N) is 4. The van der Waals surface area contributed by atoms with Gasteiger partial charge >= 0.3 is 0 Å². The van der Waals surface area contributed by atoms with Crippen LogP contribution in [0.1, 0.15) is 31.4 Å². The van der Waals surface area contributed by atoms with Crippen LogP contribution in [0.15, 0.2) is 0 Å². The van der Waals surface area contributed by atoms with Crippen LogP contribution in [-0.4, -0.2) is 58.2 Å². The summed E-state index contributed by atoms with van der Waals surface area (Å²) in [6.45, 7) is 7.07. The van der Waals surface area contributed by atoms with Gasteiger partial charge in [-0.3, -0.25) is 4.90 Å². The molecule has 0 amide bonds. The molecule has 0 aliphatic rings. The fourth-order valence-electron chi connectivity index (χ4n) is 1.85. The Morgan fingerprint density at radius 1 is 1.33 bits per heavy atom. The Bertz CT molecular complexity index is 352. The highest BCUT2D eigenvalue weighted by atomic mass is 16.5. The SMILES string of the molecule is COCCN(CCO)Cc1nnc(C(C)C)n1C. The zero-order valence-electron chi connectivity index (χ0n) is 11.8. The predicted molar refractivity (Wildman–Crippen MR) is 69.3 cm³/mol. The van der Waals surface area contributed by atoms with Gasteiger partial charge in [-0.2, -0.15) is 0 Å². The lowest BCUT2D eigenvalue weighted by molar-refractivity contribution is 0.124. The van der Waals surface area contributed by atoms with Gasteiger partial charge in [0.1, 0.15) is 11.6 Å². The molecule has 1 N–H and O–H groups in total. The highest BCUT2D eigenvalue weighted by Crippen LogP contribution is 2.12. The van der Waals surface area contributed by atoms with E-state index >= 15 is 0 Å². The third-order valence-corrected chi connectivity index (χ3v) is 2.91. The summed E-state index contributed by atoms with van der Waals surface area (Å²) >= 11 is 0. The Morgan fingerprint density at radius 3 is 2.56 bits per heavy atom. The van der Waals surface area contributed by atoms with E-state index in [1.807, 2.05) is 11.6 Å². The van der Waals surface area contributed by atoms with Gasteiger partial charge in [0.15, 0.2) is 0 Å². The van der Waals surface area contributed by atoms with Gasteiger partial charge in [0.25, 0.3) is 0 Å². The summed E-state index contributed by atoms with van der Waals surface area (Å²) in [5.74, 6) is 2.27. The second-order valence-electron chi connectivity index (χ2n) is 4.68. The van der Waals surface area contributed by atoms with Crippen LogP contribution in [0.25, 0.3) is 0 Å². The van der Waals surface area contributed by atoms with Crippen LogP contribution in [0.5, 0.6) is 0 Å². The Morgan fingerprint density at radius 2 is 2.06 bits per heavy atom. The number of rotatable bonds is 8. The van der Waals surface area contributed by atoms with Crippen LogP contribution in [-0.2, 0) is 18.3 Å². The molecule has 0 radical (unpaired) electrons. The van der Waals surface area contributed by atoms with E-state index < -0.39 is 0 Å². The fourth-order valence-corrected chi connectivity index (χ4v) is 1.85. The minimum absolute atomic E-state index is 0.138. The zero-order valence-corrected chi connectivity index (χ0v) is 11.8. The first-order chi connectivity index (χ1) is 8.60. The number of hydrogen-bond acceptors (Lipinski definition) is 5. The van der Waals surface area contributed by atoms with E-state index in [2.05, 4.69) is 28.9 Å². The number of methoxy groups -OCH3 is 1. The van der Waals surface area contributed by atoms with Crippen molar-refractivity contribution in [2.24, 2.45) is 7.05 Å². The molecular weight excluding hydrogens is 232 g/mol. The van der Waals surface area contributed by atoms with Crippen LogP contribution in [0.4, 0.5) is 0 Å². The van der Waals surface area contributed by atoms with Crippen molar-refractivity contribution in [3.05, 3.63) is 11.6 Å². The molecule has 0 aliphatic heterocycles. The Balaban J connectivity index is 2.68. The van der Waals surface area contributed by atoms with Gasteiger partial charge in [-0.15, -0.1) is 10.2 Å². The zero-order chi connectivity index (χ0) is 13.5. The third-order valence-electron chi connectivity index (χ3n) is 2.91. The summed E-state index contributed by atoms with van der Waals surface area (Å²) in [5.41, 5.74) is 0. The fraction of sp³-hybridized carbons (Fsp3) is 0.833. The van der Waals surface area contributed by atoms with Crippen molar-refractivity contribution >= 4 is 0 Å². The van der Waals surface area contributed by atoms with Gasteiger partial charge in [-0.25, -0.2) is 0 Å². The lowest BCUT2D eigenvalue weighted by Gasteiger charge is -2.20. The molecule has 1 aromatic heterocycles. The van der Waals surface area contributed by atoms with Crippen molar-refractivity contribution < 1.29 is 9.84 Å². The molecule has 1 heterocycles. The molecule has 0 aromatic carbocycles. The Hall–Kier alpha value is -0.980. The number of aliphatic hydroxyl groups excluding tert-OH is 1. The summed E-state index contributed by atoms with van der Waals surface area (Å²) in [4.78, 5) is 2.11. The summed E-state index contributed by atoms with van der Waals surface area (Å²) in [5, 5.41) is 17.5. The molecule has 0 bridgehead atoms. The molecule has 0 fully saturated rings. The van der Waals surface area contributed by atoms with Crippen molar-refractivity contribution in [2.45, 2.75) is 26.3 Å². The lowest BCUT2D eigenvalue weighted by atomic mass is 10.2. The van der Waals surface area contributed by atoms with Gasteiger partial charge < -0.3 is 14.4 Å². The van der Waals surface area contributed by atoms with Crippen LogP contribution < -0.4 is 0 Å². The largest absolute Gasteiger partial charge is 0.395 e. The topological polar surface area (TPSA) is 63.4 Å². The van der Waals surface area contributed by atoms with Gasteiger partial charge in [0.05, 0.1) is 19.8 Å². The maximum Gasteiger partial charge on any atom is 0.146 e. The van der Waals surface area contributed by atoms with Crippen LogP contribution >= 0.6 is 0 Å². The lowest BCUT2D eigenvalue weighted by Crippen LogP contribution is -2.31. The monoisotopic (exact) mass is 256 g/mol. The molecule has 104 valence electrons. The molecule has 6 heteroatoms. The van der Waals surface area contributed by atoms with Crippen molar-refractivity contribution in [2.75, 3.05) is 33.4 Å². The van der Waals surface area contributed by atoms with E-state index in [4.69, 9.17) is 9.84 Å². The summed E-state index contributed by atoms with van der Waals surface area (Å²) < 4.78 is 7.09. The third kappa shape index (κ3) is 4.04. The second kappa shape index (κ2) is 7.45. The van der Waals surface area contributed by atoms with E-state index in [0.717, 1.165) is 18.2 Å². The molecule has 0 aliphatic carbocycles. The molecule has 0 spiro atoms. The van der Waals surface area contributed by atoms with E-state index in [1.165, 1.54) is 0 Å². The van der Waals surface area contributed by atoms with Gasteiger partial charge in [0, 0.05) is 33.2 Å². The maximum absolute atomic E-state index is 9.05. The van der Waals surface area contributed by atoms with Crippen LogP contribution in [0.2, 0.25) is 0 Å². The average Bonchev–Trinajstić information content (AvgIpc) is 2.68. The number of ether oxygens (including phenoxy) is 1. The van der Waals surface area contributed by atoms with E-state index in [0.29, 0.717) is 25.6 Å². The summed E-state index contributed by atoms with van der Waals surface area (Å²) in [7, 11) is 3.66. The molecule has 0 saturated carbocycles.